The Hall–Kier alpha value is -0.340. The molecule has 2 bridgehead atoms. The molecule has 0 aromatic heterocycles. The Morgan fingerprint density at radius 3 is 2.50 bits per heavy atom. The molecule has 3 fully saturated rings. The minimum atomic E-state index is -0.639. The molecule has 7 atom stereocenters. The Bertz CT molecular complexity index is 520. The minimum absolute atomic E-state index is 0.0818. The van der Waals surface area contributed by atoms with Crippen LogP contribution in [0.3, 0.4) is 0 Å². The Kier molecular flexibility index (Phi) is 2.89. The summed E-state index contributed by atoms with van der Waals surface area (Å²) in [5, 5.41) is 22.0. The summed E-state index contributed by atoms with van der Waals surface area (Å²) < 4.78 is 0. The molecule has 0 amide bonds. The van der Waals surface area contributed by atoms with Gasteiger partial charge in [0, 0.05) is 11.3 Å². The van der Waals surface area contributed by atoms with Crippen LogP contribution in [0.4, 0.5) is 0 Å². The molecule has 0 heterocycles. The number of aliphatic hydroxyl groups is 2. The summed E-state index contributed by atoms with van der Waals surface area (Å²) in [6.07, 6.45) is 10.9. The summed E-state index contributed by atoms with van der Waals surface area (Å²) in [6, 6.07) is 0. The Morgan fingerprint density at radius 1 is 1.05 bits per heavy atom. The van der Waals surface area contributed by atoms with Crippen LogP contribution in [0, 0.1) is 34.0 Å². The summed E-state index contributed by atoms with van der Waals surface area (Å²) in [6.45, 7) is 9.26. The molecule has 124 valence electrons. The second-order valence-electron chi connectivity index (χ2n) is 10.1. The van der Waals surface area contributed by atoms with Gasteiger partial charge in [0.1, 0.15) is 0 Å². The van der Waals surface area contributed by atoms with Crippen molar-refractivity contribution in [2.24, 2.45) is 34.0 Å². The third-order valence-corrected chi connectivity index (χ3v) is 8.35. The van der Waals surface area contributed by atoms with Gasteiger partial charge in [-0.2, -0.15) is 0 Å². The first-order chi connectivity index (χ1) is 10.1. The van der Waals surface area contributed by atoms with Gasteiger partial charge in [-0.15, -0.1) is 0 Å². The summed E-state index contributed by atoms with van der Waals surface area (Å²) >= 11 is 0. The highest BCUT2D eigenvalue weighted by atomic mass is 16.3. The van der Waals surface area contributed by atoms with Gasteiger partial charge in [-0.05, 0) is 61.7 Å². The van der Waals surface area contributed by atoms with Crippen molar-refractivity contribution in [2.45, 2.75) is 77.9 Å². The lowest BCUT2D eigenvalue weighted by molar-refractivity contribution is -0.176. The van der Waals surface area contributed by atoms with Crippen molar-refractivity contribution in [1.29, 1.82) is 0 Å². The zero-order valence-corrected chi connectivity index (χ0v) is 14.6. The van der Waals surface area contributed by atoms with Gasteiger partial charge < -0.3 is 10.2 Å². The van der Waals surface area contributed by atoms with E-state index in [0.29, 0.717) is 17.3 Å². The minimum Gasteiger partial charge on any atom is -0.393 e. The molecule has 4 aliphatic carbocycles. The number of aliphatic hydroxyl groups excluding tert-OH is 1. The van der Waals surface area contributed by atoms with E-state index in [1.807, 2.05) is 6.92 Å². The van der Waals surface area contributed by atoms with Crippen LogP contribution in [0.2, 0.25) is 0 Å². The molecule has 2 nitrogen and oxygen atoms in total. The zero-order valence-electron chi connectivity index (χ0n) is 14.6. The SMILES string of the molecule is CC1(C)CCC[C@]2(C)[C@@H]1C[C@H](O)[C@@]13C[C@@H](C=C[C@@H]21)[C@](C)(O)C3. The van der Waals surface area contributed by atoms with Crippen molar-refractivity contribution in [3.8, 4) is 0 Å². The number of fused-ring (bicyclic) bond motifs is 3. The van der Waals surface area contributed by atoms with Gasteiger partial charge in [0.2, 0.25) is 0 Å². The van der Waals surface area contributed by atoms with Crippen LogP contribution in [0.25, 0.3) is 0 Å². The molecule has 2 N–H and O–H groups in total. The molecular formula is C20H32O2. The molecule has 4 aliphatic rings. The summed E-state index contributed by atoms with van der Waals surface area (Å²) in [7, 11) is 0. The molecule has 3 saturated carbocycles. The largest absolute Gasteiger partial charge is 0.393 e. The maximum absolute atomic E-state index is 11.2. The van der Waals surface area contributed by atoms with E-state index in [0.717, 1.165) is 19.3 Å². The quantitative estimate of drug-likeness (QED) is 0.666. The van der Waals surface area contributed by atoms with E-state index in [2.05, 4.69) is 32.9 Å². The third kappa shape index (κ3) is 1.69. The van der Waals surface area contributed by atoms with Gasteiger partial charge in [0.05, 0.1) is 11.7 Å². The maximum atomic E-state index is 11.2. The van der Waals surface area contributed by atoms with E-state index >= 15 is 0 Å². The summed E-state index contributed by atoms with van der Waals surface area (Å²) in [4.78, 5) is 0. The summed E-state index contributed by atoms with van der Waals surface area (Å²) in [5.74, 6) is 1.25. The number of hydrogen-bond donors (Lipinski definition) is 2. The fourth-order valence-corrected chi connectivity index (χ4v) is 7.37. The van der Waals surface area contributed by atoms with Crippen LogP contribution in [0.1, 0.15) is 66.2 Å². The molecular weight excluding hydrogens is 272 g/mol. The van der Waals surface area contributed by atoms with Gasteiger partial charge in [-0.25, -0.2) is 0 Å². The van der Waals surface area contributed by atoms with E-state index in [4.69, 9.17) is 0 Å². The molecule has 0 saturated heterocycles. The number of rotatable bonds is 0. The predicted molar refractivity (Wildman–Crippen MR) is 88.3 cm³/mol. The van der Waals surface area contributed by atoms with Crippen molar-refractivity contribution in [3.63, 3.8) is 0 Å². The van der Waals surface area contributed by atoms with Crippen molar-refractivity contribution >= 4 is 0 Å². The Labute approximate surface area is 135 Å². The second-order valence-corrected chi connectivity index (χ2v) is 10.1. The lowest BCUT2D eigenvalue weighted by atomic mass is 9.41. The van der Waals surface area contributed by atoms with Gasteiger partial charge in [0.15, 0.2) is 0 Å². The van der Waals surface area contributed by atoms with Gasteiger partial charge in [-0.3, -0.25) is 0 Å². The average molecular weight is 304 g/mol. The lowest BCUT2D eigenvalue weighted by Crippen LogP contribution is -2.60. The molecule has 0 aromatic carbocycles. The highest BCUT2D eigenvalue weighted by molar-refractivity contribution is 5.26. The number of hydrogen-bond acceptors (Lipinski definition) is 2. The van der Waals surface area contributed by atoms with Crippen LogP contribution in [0.5, 0.6) is 0 Å². The van der Waals surface area contributed by atoms with E-state index in [1.165, 1.54) is 19.3 Å². The highest BCUT2D eigenvalue weighted by Crippen LogP contribution is 2.71. The van der Waals surface area contributed by atoms with Crippen molar-refractivity contribution in [3.05, 3.63) is 12.2 Å². The maximum Gasteiger partial charge on any atom is 0.0688 e. The third-order valence-electron chi connectivity index (χ3n) is 8.35. The fraction of sp³-hybridized carbons (Fsp3) is 0.900. The van der Waals surface area contributed by atoms with Gasteiger partial charge in [-0.1, -0.05) is 39.3 Å². The van der Waals surface area contributed by atoms with Gasteiger partial charge in [0.25, 0.3) is 0 Å². The molecule has 0 aliphatic heterocycles. The fourth-order valence-electron chi connectivity index (χ4n) is 7.37. The highest BCUT2D eigenvalue weighted by Gasteiger charge is 2.67. The van der Waals surface area contributed by atoms with Crippen LogP contribution in [0.15, 0.2) is 12.2 Å². The smallest absolute Gasteiger partial charge is 0.0688 e. The standard InChI is InChI=1S/C20H32O2/c1-17(2)8-5-9-18(3)14-7-6-13-11-20(14,12-19(13,4)22)16(21)10-15(17)18/h6-7,13-16,21-22H,5,8-12H2,1-4H3/t13-,14+,15-,16+,18+,19-,20-/m1/s1. The first-order valence-corrected chi connectivity index (χ1v) is 9.21. The average Bonchev–Trinajstić information content (AvgIpc) is 2.60. The normalized spacial score (nSPS) is 59.0. The van der Waals surface area contributed by atoms with Crippen LogP contribution >= 0.6 is 0 Å². The first-order valence-electron chi connectivity index (χ1n) is 9.21. The van der Waals surface area contributed by atoms with E-state index in [1.54, 1.807) is 0 Å². The second kappa shape index (κ2) is 4.19. The number of allylic oxidation sites excluding steroid dienone is 1. The van der Waals surface area contributed by atoms with Crippen molar-refractivity contribution < 1.29 is 10.2 Å². The summed E-state index contributed by atoms with van der Waals surface area (Å²) in [5.41, 5.74) is -0.120. The van der Waals surface area contributed by atoms with Crippen LogP contribution < -0.4 is 0 Å². The molecule has 0 unspecified atom stereocenters. The van der Waals surface area contributed by atoms with E-state index < -0.39 is 5.60 Å². The zero-order chi connectivity index (χ0) is 16.0. The van der Waals surface area contributed by atoms with E-state index in [-0.39, 0.29) is 22.9 Å². The van der Waals surface area contributed by atoms with E-state index in [9.17, 15) is 10.2 Å². The molecule has 0 aromatic rings. The first kappa shape index (κ1) is 15.2. The van der Waals surface area contributed by atoms with Crippen molar-refractivity contribution in [2.75, 3.05) is 0 Å². The molecule has 2 heteroatoms. The van der Waals surface area contributed by atoms with Crippen LogP contribution in [-0.4, -0.2) is 21.9 Å². The Balaban J connectivity index is 1.82. The predicted octanol–water partition coefficient (Wildman–Crippen LogP) is 3.92. The molecule has 22 heavy (non-hydrogen) atoms. The Morgan fingerprint density at radius 2 is 1.77 bits per heavy atom. The molecule has 1 spiro atoms. The van der Waals surface area contributed by atoms with Crippen molar-refractivity contribution in [1.82, 2.24) is 0 Å². The lowest BCUT2D eigenvalue weighted by Gasteiger charge is -2.64. The topological polar surface area (TPSA) is 40.5 Å². The molecule has 4 rings (SSSR count). The van der Waals surface area contributed by atoms with Crippen LogP contribution in [-0.2, 0) is 0 Å². The monoisotopic (exact) mass is 304 g/mol. The van der Waals surface area contributed by atoms with Gasteiger partial charge >= 0.3 is 0 Å². The molecule has 0 radical (unpaired) electrons.